The Labute approximate surface area is 146 Å². The molecule has 0 saturated heterocycles. The zero-order valence-corrected chi connectivity index (χ0v) is 14.3. The molecule has 0 aliphatic heterocycles. The number of rotatable bonds is 2. The van der Waals surface area contributed by atoms with Crippen LogP contribution >= 0.6 is 11.6 Å². The molecule has 2 aromatic carbocycles. The summed E-state index contributed by atoms with van der Waals surface area (Å²) < 4.78 is 0. The smallest absolute Gasteiger partial charge is 0.251 e. The maximum absolute atomic E-state index is 12.4. The average molecular weight is 339 g/mol. The zero-order valence-electron chi connectivity index (χ0n) is 13.5. The van der Waals surface area contributed by atoms with E-state index in [1.54, 1.807) is 24.3 Å². The standard InChI is InChI=1S/C20H19ClN2O/c1-12-2-9-18-17(10-12)16-8-7-15(11-19(16)23-18)22-20(24)13-3-5-14(21)6-4-13/h2-6,9-10,15,23H,7-8,11H2,1H3,(H,22,24). The molecule has 0 saturated carbocycles. The lowest BCUT2D eigenvalue weighted by molar-refractivity contribution is 0.0933. The first-order valence-corrected chi connectivity index (χ1v) is 8.64. The molecular weight excluding hydrogens is 320 g/mol. The Kier molecular flexibility index (Phi) is 3.81. The molecule has 0 bridgehead atoms. The summed E-state index contributed by atoms with van der Waals surface area (Å²) in [4.78, 5) is 15.9. The van der Waals surface area contributed by atoms with Crippen molar-refractivity contribution in [3.05, 3.63) is 69.9 Å². The van der Waals surface area contributed by atoms with Gasteiger partial charge in [-0.3, -0.25) is 4.79 Å². The van der Waals surface area contributed by atoms with Gasteiger partial charge in [-0.05, 0) is 61.7 Å². The molecule has 4 rings (SSSR count). The van der Waals surface area contributed by atoms with Gasteiger partial charge in [0.2, 0.25) is 0 Å². The lowest BCUT2D eigenvalue weighted by Crippen LogP contribution is -2.38. The highest BCUT2D eigenvalue weighted by atomic mass is 35.5. The molecule has 1 amide bonds. The van der Waals surface area contributed by atoms with Crippen molar-refractivity contribution in [2.45, 2.75) is 32.2 Å². The predicted octanol–water partition coefficient (Wildman–Crippen LogP) is 4.42. The first-order chi connectivity index (χ1) is 11.6. The van der Waals surface area contributed by atoms with E-state index in [9.17, 15) is 4.79 Å². The van der Waals surface area contributed by atoms with Crippen molar-refractivity contribution in [3.8, 4) is 0 Å². The lowest BCUT2D eigenvalue weighted by atomic mass is 9.91. The molecule has 0 spiro atoms. The molecule has 1 atom stereocenters. The quantitative estimate of drug-likeness (QED) is 0.714. The molecule has 1 aliphatic carbocycles. The van der Waals surface area contributed by atoms with Crippen molar-refractivity contribution in [2.75, 3.05) is 0 Å². The van der Waals surface area contributed by atoms with Gasteiger partial charge in [-0.1, -0.05) is 23.2 Å². The zero-order chi connectivity index (χ0) is 16.7. The van der Waals surface area contributed by atoms with Crippen molar-refractivity contribution in [3.63, 3.8) is 0 Å². The topological polar surface area (TPSA) is 44.9 Å². The van der Waals surface area contributed by atoms with E-state index in [1.165, 1.54) is 27.7 Å². The fourth-order valence-electron chi connectivity index (χ4n) is 3.54. The number of carbonyl (C=O) groups is 1. The lowest BCUT2D eigenvalue weighted by Gasteiger charge is -2.23. The summed E-state index contributed by atoms with van der Waals surface area (Å²) in [5, 5.41) is 5.12. The molecule has 1 heterocycles. The van der Waals surface area contributed by atoms with E-state index < -0.39 is 0 Å². The molecule has 24 heavy (non-hydrogen) atoms. The van der Waals surface area contributed by atoms with Crippen LogP contribution in [-0.2, 0) is 12.8 Å². The number of hydrogen-bond donors (Lipinski definition) is 2. The van der Waals surface area contributed by atoms with Crippen molar-refractivity contribution >= 4 is 28.4 Å². The Bertz CT molecular complexity index is 911. The van der Waals surface area contributed by atoms with Gasteiger partial charge >= 0.3 is 0 Å². The first-order valence-electron chi connectivity index (χ1n) is 8.26. The third-order valence-electron chi connectivity index (χ3n) is 4.78. The molecule has 3 nitrogen and oxygen atoms in total. The number of benzene rings is 2. The van der Waals surface area contributed by atoms with Crippen LogP contribution in [0.2, 0.25) is 5.02 Å². The molecule has 3 aromatic rings. The van der Waals surface area contributed by atoms with Crippen molar-refractivity contribution in [1.29, 1.82) is 0 Å². The summed E-state index contributed by atoms with van der Waals surface area (Å²) in [5.41, 5.74) is 5.78. The van der Waals surface area contributed by atoms with Crippen molar-refractivity contribution in [2.24, 2.45) is 0 Å². The van der Waals surface area contributed by atoms with Crippen molar-refractivity contribution < 1.29 is 4.79 Å². The monoisotopic (exact) mass is 338 g/mol. The van der Waals surface area contributed by atoms with Crippen LogP contribution in [0, 0.1) is 6.92 Å². The Hall–Kier alpha value is -2.26. The number of halogens is 1. The molecule has 0 radical (unpaired) electrons. The summed E-state index contributed by atoms with van der Waals surface area (Å²) >= 11 is 5.88. The predicted molar refractivity (Wildman–Crippen MR) is 97.8 cm³/mol. The Morgan fingerprint density at radius 2 is 2.00 bits per heavy atom. The third-order valence-corrected chi connectivity index (χ3v) is 5.04. The summed E-state index contributed by atoms with van der Waals surface area (Å²) in [7, 11) is 0. The van der Waals surface area contributed by atoms with Crippen LogP contribution in [0.25, 0.3) is 10.9 Å². The van der Waals surface area contributed by atoms with Crippen LogP contribution < -0.4 is 5.32 Å². The number of aromatic amines is 1. The van der Waals surface area contributed by atoms with Gasteiger partial charge < -0.3 is 10.3 Å². The number of fused-ring (bicyclic) bond motifs is 3. The Morgan fingerprint density at radius 1 is 1.21 bits per heavy atom. The number of carbonyl (C=O) groups excluding carboxylic acids is 1. The largest absolute Gasteiger partial charge is 0.358 e. The minimum Gasteiger partial charge on any atom is -0.358 e. The van der Waals surface area contributed by atoms with Gasteiger partial charge in [-0.2, -0.15) is 0 Å². The molecule has 0 fully saturated rings. The number of nitrogens with one attached hydrogen (secondary N) is 2. The highest BCUT2D eigenvalue weighted by molar-refractivity contribution is 6.30. The third kappa shape index (κ3) is 2.80. The van der Waals surface area contributed by atoms with Crippen LogP contribution in [0.4, 0.5) is 0 Å². The number of hydrogen-bond acceptors (Lipinski definition) is 1. The highest BCUT2D eigenvalue weighted by Gasteiger charge is 2.23. The van der Waals surface area contributed by atoms with Gasteiger partial charge in [0.15, 0.2) is 0 Å². The second kappa shape index (κ2) is 5.99. The second-order valence-corrected chi connectivity index (χ2v) is 6.99. The molecule has 122 valence electrons. The van der Waals surface area contributed by atoms with E-state index in [0.29, 0.717) is 10.6 Å². The van der Waals surface area contributed by atoms with Crippen LogP contribution in [-0.4, -0.2) is 16.9 Å². The van der Waals surface area contributed by atoms with Crippen LogP contribution in [0.15, 0.2) is 42.5 Å². The molecule has 1 aliphatic rings. The number of aromatic nitrogens is 1. The van der Waals surface area contributed by atoms with Crippen LogP contribution in [0.3, 0.4) is 0 Å². The van der Waals surface area contributed by atoms with E-state index in [0.717, 1.165) is 19.3 Å². The van der Waals surface area contributed by atoms with Gasteiger partial charge in [-0.15, -0.1) is 0 Å². The van der Waals surface area contributed by atoms with E-state index in [-0.39, 0.29) is 11.9 Å². The summed E-state index contributed by atoms with van der Waals surface area (Å²) in [6, 6.07) is 13.7. The molecule has 2 N–H and O–H groups in total. The number of aryl methyl sites for hydroxylation is 2. The van der Waals surface area contributed by atoms with E-state index in [4.69, 9.17) is 11.6 Å². The summed E-state index contributed by atoms with van der Waals surface area (Å²) in [6.45, 7) is 2.12. The van der Waals surface area contributed by atoms with E-state index in [2.05, 4.69) is 35.4 Å². The minimum absolute atomic E-state index is 0.0351. The number of amides is 1. The highest BCUT2D eigenvalue weighted by Crippen LogP contribution is 2.30. The van der Waals surface area contributed by atoms with Gasteiger partial charge in [0, 0.05) is 39.6 Å². The maximum atomic E-state index is 12.4. The summed E-state index contributed by atoms with van der Waals surface area (Å²) in [6.07, 6.45) is 2.81. The van der Waals surface area contributed by atoms with E-state index in [1.807, 2.05) is 0 Å². The van der Waals surface area contributed by atoms with Gasteiger partial charge in [0.1, 0.15) is 0 Å². The molecule has 1 aromatic heterocycles. The van der Waals surface area contributed by atoms with E-state index >= 15 is 0 Å². The Balaban J connectivity index is 1.53. The van der Waals surface area contributed by atoms with Gasteiger partial charge in [-0.25, -0.2) is 0 Å². The van der Waals surface area contributed by atoms with Crippen molar-refractivity contribution in [1.82, 2.24) is 10.3 Å². The van der Waals surface area contributed by atoms with Gasteiger partial charge in [0.25, 0.3) is 5.91 Å². The van der Waals surface area contributed by atoms with Crippen LogP contribution in [0.1, 0.15) is 33.6 Å². The average Bonchev–Trinajstić information content (AvgIpc) is 2.92. The number of H-pyrrole nitrogens is 1. The van der Waals surface area contributed by atoms with Gasteiger partial charge in [0.05, 0.1) is 0 Å². The fraction of sp³-hybridized carbons (Fsp3) is 0.250. The molecule has 1 unspecified atom stereocenters. The molecular formula is C20H19ClN2O. The first kappa shape index (κ1) is 15.3. The SMILES string of the molecule is Cc1ccc2[nH]c3c(c2c1)CCC(NC(=O)c1ccc(Cl)cc1)C3. The van der Waals surface area contributed by atoms with Crippen LogP contribution in [0.5, 0.6) is 0 Å². The minimum atomic E-state index is -0.0351. The Morgan fingerprint density at radius 3 is 2.79 bits per heavy atom. The summed E-state index contributed by atoms with van der Waals surface area (Å²) in [5.74, 6) is -0.0351. The maximum Gasteiger partial charge on any atom is 0.251 e. The fourth-order valence-corrected chi connectivity index (χ4v) is 3.66. The normalized spacial score (nSPS) is 16.8. The molecule has 4 heteroatoms. The second-order valence-electron chi connectivity index (χ2n) is 6.55.